The molecule has 130 valence electrons. The van der Waals surface area contributed by atoms with Crippen LogP contribution in [-0.4, -0.2) is 17.5 Å². The third-order valence-corrected chi connectivity index (χ3v) is 4.41. The van der Waals surface area contributed by atoms with Crippen LogP contribution in [-0.2, 0) is 4.79 Å². The number of rotatable bonds is 5. The quantitative estimate of drug-likeness (QED) is 0.645. The minimum atomic E-state index is -0.252. The van der Waals surface area contributed by atoms with E-state index in [1.807, 2.05) is 37.3 Å². The van der Waals surface area contributed by atoms with Gasteiger partial charge in [-0.3, -0.25) is 10.1 Å². The molecule has 0 aliphatic heterocycles. The summed E-state index contributed by atoms with van der Waals surface area (Å²) in [6.45, 7) is 1.90. The van der Waals surface area contributed by atoms with E-state index < -0.39 is 0 Å². The van der Waals surface area contributed by atoms with Gasteiger partial charge >= 0.3 is 0 Å². The van der Waals surface area contributed by atoms with E-state index >= 15 is 0 Å². The number of nitrogens with one attached hydrogen (secondary N) is 1. The molecule has 1 heterocycles. The SMILES string of the molecule is Cc1sc(NC(=O)COc2ccc(Cl)cc2)nc1-c1ccccc1.Cl. The minimum Gasteiger partial charge on any atom is -0.484 e. The second kappa shape index (κ2) is 8.85. The van der Waals surface area contributed by atoms with Crippen molar-refractivity contribution in [1.29, 1.82) is 0 Å². The van der Waals surface area contributed by atoms with Crippen LogP contribution in [0.4, 0.5) is 5.13 Å². The maximum Gasteiger partial charge on any atom is 0.264 e. The number of carbonyl (C=O) groups is 1. The van der Waals surface area contributed by atoms with Crippen molar-refractivity contribution < 1.29 is 9.53 Å². The normalized spacial score (nSPS) is 10.0. The fourth-order valence-electron chi connectivity index (χ4n) is 2.15. The van der Waals surface area contributed by atoms with Crippen molar-refractivity contribution in [3.05, 3.63) is 64.5 Å². The monoisotopic (exact) mass is 394 g/mol. The van der Waals surface area contributed by atoms with Gasteiger partial charge in [0.25, 0.3) is 5.91 Å². The highest BCUT2D eigenvalue weighted by molar-refractivity contribution is 7.16. The van der Waals surface area contributed by atoms with Gasteiger partial charge in [-0.1, -0.05) is 41.9 Å². The molecule has 0 aliphatic rings. The second-order valence-corrected chi connectivity index (χ2v) is 6.72. The third kappa shape index (κ3) is 5.19. The Balaban J connectivity index is 0.00000225. The number of hydrogen-bond donors (Lipinski definition) is 1. The average molecular weight is 395 g/mol. The van der Waals surface area contributed by atoms with Gasteiger partial charge < -0.3 is 4.74 Å². The van der Waals surface area contributed by atoms with Gasteiger partial charge in [0.1, 0.15) is 5.75 Å². The summed E-state index contributed by atoms with van der Waals surface area (Å²) in [6.07, 6.45) is 0. The molecule has 0 bridgehead atoms. The minimum absolute atomic E-state index is 0. The van der Waals surface area contributed by atoms with E-state index in [1.165, 1.54) is 11.3 Å². The molecule has 7 heteroatoms. The van der Waals surface area contributed by atoms with Crippen molar-refractivity contribution >= 4 is 46.4 Å². The van der Waals surface area contributed by atoms with E-state index in [2.05, 4.69) is 10.3 Å². The van der Waals surface area contributed by atoms with E-state index in [-0.39, 0.29) is 24.9 Å². The predicted octanol–water partition coefficient (Wildman–Crippen LogP) is 5.21. The van der Waals surface area contributed by atoms with Crippen molar-refractivity contribution in [1.82, 2.24) is 4.98 Å². The Hall–Kier alpha value is -2.08. The number of amides is 1. The summed E-state index contributed by atoms with van der Waals surface area (Å²) < 4.78 is 5.42. The lowest BCUT2D eigenvalue weighted by atomic mass is 10.1. The number of anilines is 1. The molecule has 3 rings (SSSR count). The first-order chi connectivity index (χ1) is 11.6. The Morgan fingerprint density at radius 1 is 1.16 bits per heavy atom. The van der Waals surface area contributed by atoms with E-state index in [0.29, 0.717) is 15.9 Å². The maximum atomic E-state index is 12.0. The van der Waals surface area contributed by atoms with Gasteiger partial charge in [0.15, 0.2) is 11.7 Å². The molecule has 1 amide bonds. The molecule has 0 saturated heterocycles. The van der Waals surface area contributed by atoms with E-state index in [0.717, 1.165) is 16.1 Å². The van der Waals surface area contributed by atoms with E-state index in [9.17, 15) is 4.79 Å². The summed E-state index contributed by atoms with van der Waals surface area (Å²) in [4.78, 5) is 17.6. The highest BCUT2D eigenvalue weighted by Gasteiger charge is 2.12. The molecule has 0 saturated carbocycles. The fourth-order valence-corrected chi connectivity index (χ4v) is 3.13. The third-order valence-electron chi connectivity index (χ3n) is 3.27. The second-order valence-electron chi connectivity index (χ2n) is 5.08. The number of thiazole rings is 1. The summed E-state index contributed by atoms with van der Waals surface area (Å²) in [5.74, 6) is 0.341. The number of halogens is 2. The van der Waals surface area contributed by atoms with Crippen LogP contribution in [0.1, 0.15) is 4.88 Å². The molecular formula is C18H16Cl2N2O2S. The highest BCUT2D eigenvalue weighted by Crippen LogP contribution is 2.30. The molecule has 0 spiro atoms. The van der Waals surface area contributed by atoms with Gasteiger partial charge in [0, 0.05) is 15.5 Å². The fraction of sp³-hybridized carbons (Fsp3) is 0.111. The standard InChI is InChI=1S/C18H15ClN2O2S.ClH/c1-12-17(13-5-3-2-4-6-13)21-18(24-12)20-16(22)11-23-15-9-7-14(19)8-10-15;/h2-10H,11H2,1H3,(H,20,21,22);1H. The van der Waals surface area contributed by atoms with Crippen molar-refractivity contribution in [3.8, 4) is 17.0 Å². The zero-order valence-electron chi connectivity index (χ0n) is 13.4. The number of benzene rings is 2. The van der Waals surface area contributed by atoms with Gasteiger partial charge in [-0.15, -0.1) is 23.7 Å². The molecule has 1 N–H and O–H groups in total. The predicted molar refractivity (Wildman–Crippen MR) is 105 cm³/mol. The molecule has 4 nitrogen and oxygen atoms in total. The summed E-state index contributed by atoms with van der Waals surface area (Å²) in [7, 11) is 0. The molecule has 0 unspecified atom stereocenters. The van der Waals surface area contributed by atoms with Gasteiger partial charge in [-0.2, -0.15) is 0 Å². The Morgan fingerprint density at radius 2 is 1.84 bits per heavy atom. The topological polar surface area (TPSA) is 51.2 Å². The highest BCUT2D eigenvalue weighted by atomic mass is 35.5. The van der Waals surface area contributed by atoms with Crippen LogP contribution in [0.3, 0.4) is 0 Å². The van der Waals surface area contributed by atoms with Crippen molar-refractivity contribution in [2.24, 2.45) is 0 Å². The number of nitrogens with zero attached hydrogens (tertiary/aromatic N) is 1. The molecule has 1 aromatic heterocycles. The zero-order chi connectivity index (χ0) is 16.9. The van der Waals surface area contributed by atoms with Gasteiger partial charge in [-0.05, 0) is 31.2 Å². The van der Waals surface area contributed by atoms with Crippen LogP contribution in [0.25, 0.3) is 11.3 Å². The van der Waals surface area contributed by atoms with Crippen molar-refractivity contribution in [2.75, 3.05) is 11.9 Å². The average Bonchev–Trinajstić information content (AvgIpc) is 2.95. The lowest BCUT2D eigenvalue weighted by Crippen LogP contribution is -2.20. The Morgan fingerprint density at radius 3 is 2.52 bits per heavy atom. The first-order valence-corrected chi connectivity index (χ1v) is 8.52. The molecule has 2 aromatic carbocycles. The number of hydrogen-bond acceptors (Lipinski definition) is 4. The molecular weight excluding hydrogens is 379 g/mol. The van der Waals surface area contributed by atoms with Crippen LogP contribution < -0.4 is 10.1 Å². The molecule has 0 aliphatic carbocycles. The molecule has 25 heavy (non-hydrogen) atoms. The van der Waals surface area contributed by atoms with Crippen LogP contribution in [0.15, 0.2) is 54.6 Å². The van der Waals surface area contributed by atoms with Gasteiger partial charge in [-0.25, -0.2) is 4.98 Å². The van der Waals surface area contributed by atoms with Crippen LogP contribution >= 0.6 is 35.3 Å². The molecule has 3 aromatic rings. The van der Waals surface area contributed by atoms with Crippen LogP contribution in [0, 0.1) is 6.92 Å². The van der Waals surface area contributed by atoms with Crippen molar-refractivity contribution in [2.45, 2.75) is 6.92 Å². The first kappa shape index (κ1) is 19.2. The Bertz CT molecular complexity index is 836. The maximum absolute atomic E-state index is 12.0. The first-order valence-electron chi connectivity index (χ1n) is 7.33. The molecule has 0 radical (unpaired) electrons. The van der Waals surface area contributed by atoms with Crippen molar-refractivity contribution in [3.63, 3.8) is 0 Å². The summed E-state index contributed by atoms with van der Waals surface area (Å²) >= 11 is 7.25. The summed E-state index contributed by atoms with van der Waals surface area (Å²) in [5, 5.41) is 3.96. The zero-order valence-corrected chi connectivity index (χ0v) is 15.8. The Labute approximate surface area is 161 Å². The van der Waals surface area contributed by atoms with E-state index in [1.54, 1.807) is 24.3 Å². The number of aryl methyl sites for hydroxylation is 1. The van der Waals surface area contributed by atoms with Gasteiger partial charge in [0.2, 0.25) is 0 Å². The smallest absolute Gasteiger partial charge is 0.264 e. The largest absolute Gasteiger partial charge is 0.484 e. The summed E-state index contributed by atoms with van der Waals surface area (Å²) in [5.41, 5.74) is 1.92. The van der Waals surface area contributed by atoms with Crippen LogP contribution in [0.5, 0.6) is 5.75 Å². The number of ether oxygens (including phenoxy) is 1. The van der Waals surface area contributed by atoms with Gasteiger partial charge in [0.05, 0.1) is 5.69 Å². The Kier molecular flexibility index (Phi) is 6.82. The lowest BCUT2D eigenvalue weighted by Gasteiger charge is -2.05. The number of aromatic nitrogens is 1. The molecule has 0 fully saturated rings. The van der Waals surface area contributed by atoms with E-state index in [4.69, 9.17) is 16.3 Å². The summed E-state index contributed by atoms with van der Waals surface area (Å²) in [6, 6.07) is 16.7. The number of carbonyl (C=O) groups excluding carboxylic acids is 1. The molecule has 0 atom stereocenters. The lowest BCUT2D eigenvalue weighted by molar-refractivity contribution is -0.118. The van der Waals surface area contributed by atoms with Crippen LogP contribution in [0.2, 0.25) is 5.02 Å².